The maximum absolute atomic E-state index is 13.3. The minimum absolute atomic E-state index is 0. The number of Topliss-reactive ketones (excluding diaryl/α,β-unsaturated/α-hetero) is 1. The summed E-state index contributed by atoms with van der Waals surface area (Å²) < 4.78 is 44.3. The predicted molar refractivity (Wildman–Crippen MR) is 185 cm³/mol. The van der Waals surface area contributed by atoms with Gasteiger partial charge in [-0.05, 0) is 80.4 Å². The van der Waals surface area contributed by atoms with Crippen LogP contribution in [0.2, 0.25) is 10.0 Å². The van der Waals surface area contributed by atoms with Crippen molar-refractivity contribution >= 4 is 63.9 Å². The average Bonchev–Trinajstić information content (AvgIpc) is 3.45. The molecule has 2 aromatic carbocycles. The summed E-state index contributed by atoms with van der Waals surface area (Å²) in [5, 5.41) is 0.779. The van der Waals surface area contributed by atoms with E-state index in [9.17, 15) is 18.0 Å². The number of nitrogens with two attached hydrogens (primary N) is 2. The van der Waals surface area contributed by atoms with Crippen LogP contribution in [-0.4, -0.2) is 42.0 Å². The molecule has 7 nitrogen and oxygen atoms in total. The Labute approximate surface area is 285 Å². The summed E-state index contributed by atoms with van der Waals surface area (Å²) in [6.07, 6.45) is -0.713. The predicted octanol–water partition coefficient (Wildman–Crippen LogP) is 7.92. The van der Waals surface area contributed by atoms with E-state index in [2.05, 4.69) is 20.9 Å². The summed E-state index contributed by atoms with van der Waals surface area (Å²) in [5.74, 6) is 5.75. The number of aliphatic imine (C=N–C) groups is 1. The van der Waals surface area contributed by atoms with Gasteiger partial charge in [-0.25, -0.2) is 14.0 Å². The van der Waals surface area contributed by atoms with E-state index >= 15 is 0 Å². The van der Waals surface area contributed by atoms with Crippen molar-refractivity contribution in [3.05, 3.63) is 96.8 Å². The van der Waals surface area contributed by atoms with Crippen molar-refractivity contribution < 1.29 is 18.0 Å². The van der Waals surface area contributed by atoms with Crippen LogP contribution in [0.1, 0.15) is 53.0 Å². The Kier molecular flexibility index (Phi) is 14.6. The second kappa shape index (κ2) is 17.9. The number of hydrogen-bond acceptors (Lipinski definition) is 9. The highest BCUT2D eigenvalue weighted by Crippen LogP contribution is 2.32. The quantitative estimate of drug-likeness (QED) is 0.0466. The van der Waals surface area contributed by atoms with Gasteiger partial charge in [0.25, 0.3) is 0 Å². The molecule has 0 radical (unpaired) electrons. The first-order chi connectivity index (χ1) is 21.5. The zero-order valence-electron chi connectivity index (χ0n) is 24.9. The zero-order chi connectivity index (χ0) is 32.4. The van der Waals surface area contributed by atoms with Gasteiger partial charge >= 0.3 is 6.18 Å². The van der Waals surface area contributed by atoms with Crippen LogP contribution in [0.3, 0.4) is 0 Å². The van der Waals surface area contributed by atoms with E-state index in [0.29, 0.717) is 55.3 Å². The molecule has 0 amide bonds. The lowest BCUT2D eigenvalue weighted by atomic mass is 10.0. The summed E-state index contributed by atoms with van der Waals surface area (Å²) >= 11 is 15.4. The zero-order valence-corrected chi connectivity index (χ0v) is 28.1. The van der Waals surface area contributed by atoms with Gasteiger partial charge in [-0.15, -0.1) is 11.3 Å². The van der Waals surface area contributed by atoms with Crippen molar-refractivity contribution in [3.63, 3.8) is 0 Å². The van der Waals surface area contributed by atoms with Crippen LogP contribution >= 0.6 is 46.7 Å². The lowest BCUT2D eigenvalue weighted by molar-refractivity contribution is -0.137. The second-order valence-electron chi connectivity index (χ2n) is 10.2. The Hall–Kier alpha value is -2.86. The second-order valence-corrected chi connectivity index (χ2v) is 13.1. The topological polar surface area (TPSA) is 132 Å². The van der Waals surface area contributed by atoms with Crippen molar-refractivity contribution in [1.82, 2.24) is 15.2 Å². The highest BCUT2D eigenvalue weighted by Gasteiger charge is 2.30. The first-order valence-corrected chi connectivity index (χ1v) is 16.6. The van der Waals surface area contributed by atoms with Crippen LogP contribution in [0, 0.1) is 11.8 Å². The Morgan fingerprint density at radius 2 is 1.78 bits per heavy atom. The first kappa shape index (κ1) is 37.6. The molecule has 0 atom stereocenters. The molecule has 2 heterocycles. The molecule has 1 aromatic heterocycles. The number of allylic oxidation sites excluding steroid dienone is 1. The van der Waals surface area contributed by atoms with Gasteiger partial charge in [-0.1, -0.05) is 41.5 Å². The molecule has 0 bridgehead atoms. The fourth-order valence-corrected chi connectivity index (χ4v) is 6.32. The third-order valence-electron chi connectivity index (χ3n) is 6.80. The SMILES string of the molecule is N.NCCCCCC(=O)/C(N)=C(\CNSN1CCC1)C(=Nc1ccc(Cl)cc1Cl)c1ccc(C#Cc2ccc(C(F)(F)F)cc2)s1. The van der Waals surface area contributed by atoms with Crippen LogP contribution in [0.4, 0.5) is 18.9 Å². The van der Waals surface area contributed by atoms with Crippen molar-refractivity contribution in [2.75, 3.05) is 26.2 Å². The van der Waals surface area contributed by atoms with E-state index in [1.165, 1.54) is 35.6 Å². The largest absolute Gasteiger partial charge is 0.416 e. The number of alkyl halides is 3. The third kappa shape index (κ3) is 10.9. The lowest BCUT2D eigenvalue weighted by Crippen LogP contribution is -2.35. The number of unbranched alkanes of at least 4 members (excludes halogenated alkanes) is 2. The summed E-state index contributed by atoms with van der Waals surface area (Å²) in [6.45, 7) is 2.72. The van der Waals surface area contributed by atoms with Crippen LogP contribution < -0.4 is 22.3 Å². The monoisotopic (exact) mass is 710 g/mol. The summed E-state index contributed by atoms with van der Waals surface area (Å²) in [5.41, 5.74) is 13.4. The highest BCUT2D eigenvalue weighted by atomic mass is 35.5. The Bertz CT molecular complexity index is 1610. The van der Waals surface area contributed by atoms with Crippen LogP contribution in [0.15, 0.2) is 70.9 Å². The summed E-state index contributed by atoms with van der Waals surface area (Å²) in [7, 11) is 0. The van der Waals surface area contributed by atoms with Gasteiger partial charge in [-0.3, -0.25) is 4.79 Å². The number of nitrogens with one attached hydrogen (secondary N) is 1. The van der Waals surface area contributed by atoms with Gasteiger partial charge in [0, 0.05) is 54.3 Å². The van der Waals surface area contributed by atoms with Gasteiger partial charge in [0.15, 0.2) is 5.78 Å². The molecular formula is C32H35Cl2F3N6OS2. The molecule has 14 heteroatoms. The fraction of sp³-hybridized carbons (Fsp3) is 0.312. The van der Waals surface area contributed by atoms with Crippen LogP contribution in [0.25, 0.3) is 0 Å². The molecule has 4 rings (SSSR count). The number of hydrogen-bond donors (Lipinski definition) is 4. The number of carbonyl (C=O) groups is 1. The lowest BCUT2D eigenvalue weighted by Gasteiger charge is -2.29. The van der Waals surface area contributed by atoms with Gasteiger partial charge in [0.1, 0.15) is 0 Å². The molecule has 1 saturated heterocycles. The van der Waals surface area contributed by atoms with Crippen molar-refractivity contribution in [2.45, 2.75) is 38.3 Å². The molecular weight excluding hydrogens is 676 g/mol. The molecule has 1 aliphatic heterocycles. The Morgan fingerprint density at radius 1 is 1.04 bits per heavy atom. The first-order valence-electron chi connectivity index (χ1n) is 14.3. The van der Waals surface area contributed by atoms with Crippen LogP contribution in [0.5, 0.6) is 0 Å². The minimum atomic E-state index is -4.42. The van der Waals surface area contributed by atoms with Gasteiger partial charge in [0.2, 0.25) is 0 Å². The van der Waals surface area contributed by atoms with Crippen molar-refractivity contribution in [3.8, 4) is 11.8 Å². The van der Waals surface area contributed by atoms with E-state index in [0.717, 1.165) is 44.5 Å². The Balaban J connectivity index is 0.00000576. The van der Waals surface area contributed by atoms with E-state index in [-0.39, 0.29) is 30.6 Å². The molecule has 0 spiro atoms. The summed E-state index contributed by atoms with van der Waals surface area (Å²) in [4.78, 5) is 19.5. The van der Waals surface area contributed by atoms with E-state index in [1.807, 2.05) is 6.07 Å². The fourth-order valence-electron chi connectivity index (χ4n) is 4.16. The average molecular weight is 712 g/mol. The van der Waals surface area contributed by atoms with Gasteiger partial charge < -0.3 is 17.6 Å². The van der Waals surface area contributed by atoms with E-state index < -0.39 is 11.7 Å². The van der Waals surface area contributed by atoms with Gasteiger partial charge in [-0.2, -0.15) is 13.2 Å². The third-order valence-corrected chi connectivity index (χ3v) is 9.24. The number of thiophene rings is 1. The molecule has 0 unspecified atom stereocenters. The number of ketones is 1. The molecule has 246 valence electrons. The minimum Gasteiger partial charge on any atom is -0.396 e. The van der Waals surface area contributed by atoms with E-state index in [4.69, 9.17) is 39.7 Å². The highest BCUT2D eigenvalue weighted by molar-refractivity contribution is 7.95. The molecule has 0 saturated carbocycles. The molecule has 46 heavy (non-hydrogen) atoms. The molecule has 0 aliphatic carbocycles. The molecule has 1 aliphatic rings. The molecule has 3 aromatic rings. The number of carbonyl (C=O) groups excluding carboxylic acids is 1. The maximum Gasteiger partial charge on any atom is 0.416 e. The maximum atomic E-state index is 13.3. The standard InChI is InChI=1S/C32H32Cl2F3N5OS2.H3N/c33-23-11-14-27(26(34)19-23)41-31(25(20-40-45-42-17-4-18-42)30(39)28(43)5-2-1-3-16-38)29-15-13-24(44-29)12-8-21-6-9-22(10-7-21)32(35,36)37;/h6-7,9-11,13-15,19,40H,1-5,16-18,20,38-39H2;1H3/b30-25-,41-31?;. The Morgan fingerprint density at radius 3 is 2.41 bits per heavy atom. The van der Waals surface area contributed by atoms with Gasteiger partial charge in [0.05, 0.1) is 37.4 Å². The molecule has 8 N–H and O–H groups in total. The normalized spacial score (nSPS) is 14.1. The number of halogens is 5. The van der Waals surface area contributed by atoms with Crippen LogP contribution in [-0.2, 0) is 11.0 Å². The molecule has 1 fully saturated rings. The van der Waals surface area contributed by atoms with E-state index in [1.54, 1.807) is 24.3 Å². The van der Waals surface area contributed by atoms with Crippen molar-refractivity contribution in [2.24, 2.45) is 16.5 Å². The van der Waals surface area contributed by atoms with Crippen molar-refractivity contribution in [1.29, 1.82) is 0 Å². The number of benzene rings is 2. The number of rotatable bonds is 13. The summed E-state index contributed by atoms with van der Waals surface area (Å²) in [6, 6.07) is 13.2. The number of nitrogens with zero attached hydrogens (tertiary/aromatic N) is 2. The smallest absolute Gasteiger partial charge is 0.396 e.